The Morgan fingerprint density at radius 2 is 2.15 bits per heavy atom. The Kier molecular flexibility index (Phi) is 6.05. The summed E-state index contributed by atoms with van der Waals surface area (Å²) in [5.74, 6) is 2.47. The molecule has 1 rings (SSSR count). The smallest absolute Gasteiger partial charge is 0.213 e. The molecule has 0 saturated carbocycles. The molecule has 1 heterocycles. The maximum absolute atomic E-state index is 5.76. The van der Waals surface area contributed by atoms with Gasteiger partial charge in [0.05, 0.1) is 12.7 Å². The molecule has 0 bridgehead atoms. The van der Waals surface area contributed by atoms with E-state index in [0.717, 1.165) is 24.7 Å². The minimum absolute atomic E-state index is 0.00908. The number of aromatic nitrogens is 1. The lowest BCUT2D eigenvalue weighted by Gasteiger charge is -2.21. The molecule has 0 spiro atoms. The predicted octanol–water partition coefficient (Wildman–Crippen LogP) is 2.78. The van der Waals surface area contributed by atoms with Gasteiger partial charge in [0, 0.05) is 26.1 Å². The molecule has 1 aromatic heterocycles. The first-order valence-electron chi connectivity index (χ1n) is 7.25. The van der Waals surface area contributed by atoms with Crippen molar-refractivity contribution < 1.29 is 4.42 Å². The topological polar surface area (TPSA) is 53.7 Å². The second-order valence-corrected chi connectivity index (χ2v) is 6.04. The van der Waals surface area contributed by atoms with Crippen molar-refractivity contribution in [2.24, 2.45) is 4.99 Å². The van der Waals surface area contributed by atoms with Gasteiger partial charge in [0.2, 0.25) is 5.89 Å². The van der Waals surface area contributed by atoms with Crippen LogP contribution in [0.2, 0.25) is 0 Å². The molecule has 1 aromatic rings. The Labute approximate surface area is 122 Å². The van der Waals surface area contributed by atoms with Gasteiger partial charge in [-0.25, -0.2) is 4.98 Å². The monoisotopic (exact) mass is 280 g/mol. The van der Waals surface area contributed by atoms with E-state index in [-0.39, 0.29) is 5.41 Å². The number of oxazole rings is 1. The van der Waals surface area contributed by atoms with Crippen LogP contribution in [0.25, 0.3) is 0 Å². The van der Waals surface area contributed by atoms with E-state index in [1.165, 1.54) is 6.42 Å². The Hall–Kier alpha value is -1.52. The summed E-state index contributed by atoms with van der Waals surface area (Å²) >= 11 is 0. The van der Waals surface area contributed by atoms with Crippen LogP contribution in [-0.2, 0) is 12.0 Å². The summed E-state index contributed by atoms with van der Waals surface area (Å²) in [6.45, 7) is 10.1. The van der Waals surface area contributed by atoms with E-state index in [1.807, 2.05) is 7.05 Å². The largest absolute Gasteiger partial charge is 0.443 e. The van der Waals surface area contributed by atoms with Crippen LogP contribution in [0.4, 0.5) is 0 Å². The first kappa shape index (κ1) is 16.5. The highest BCUT2D eigenvalue weighted by Gasteiger charge is 2.19. The molecular formula is C15H28N4O. The third-order valence-electron chi connectivity index (χ3n) is 3.11. The third kappa shape index (κ3) is 4.87. The number of rotatable bonds is 5. The predicted molar refractivity (Wildman–Crippen MR) is 82.9 cm³/mol. The van der Waals surface area contributed by atoms with Gasteiger partial charge in [0.15, 0.2) is 5.96 Å². The van der Waals surface area contributed by atoms with Gasteiger partial charge in [0.25, 0.3) is 0 Å². The molecule has 0 aliphatic rings. The highest BCUT2D eigenvalue weighted by atomic mass is 16.4. The number of nitrogens with one attached hydrogen (secondary N) is 1. The van der Waals surface area contributed by atoms with Crippen LogP contribution >= 0.6 is 0 Å². The number of guanidine groups is 1. The summed E-state index contributed by atoms with van der Waals surface area (Å²) in [6.07, 6.45) is 4.14. The van der Waals surface area contributed by atoms with Crippen molar-refractivity contribution in [1.82, 2.24) is 15.2 Å². The van der Waals surface area contributed by atoms with E-state index in [9.17, 15) is 0 Å². The van der Waals surface area contributed by atoms with Crippen molar-refractivity contribution >= 4 is 5.96 Å². The summed E-state index contributed by atoms with van der Waals surface area (Å²) < 4.78 is 5.76. The summed E-state index contributed by atoms with van der Waals surface area (Å²) in [5.41, 5.74) is -0.00908. The summed E-state index contributed by atoms with van der Waals surface area (Å²) in [7, 11) is 3.84. The maximum Gasteiger partial charge on any atom is 0.213 e. The van der Waals surface area contributed by atoms with E-state index in [0.29, 0.717) is 12.4 Å². The van der Waals surface area contributed by atoms with Crippen molar-refractivity contribution in [3.05, 3.63) is 17.8 Å². The Morgan fingerprint density at radius 3 is 2.65 bits per heavy atom. The first-order valence-corrected chi connectivity index (χ1v) is 7.25. The number of nitrogens with zero attached hydrogens (tertiary/aromatic N) is 3. The van der Waals surface area contributed by atoms with Gasteiger partial charge in [-0.15, -0.1) is 0 Å². The molecule has 0 aromatic carbocycles. The van der Waals surface area contributed by atoms with Crippen molar-refractivity contribution in [2.45, 2.75) is 52.5 Å². The van der Waals surface area contributed by atoms with Gasteiger partial charge >= 0.3 is 0 Å². The summed E-state index contributed by atoms with van der Waals surface area (Å²) in [5, 5.41) is 3.28. The van der Waals surface area contributed by atoms with Gasteiger partial charge in [-0.3, -0.25) is 4.99 Å². The van der Waals surface area contributed by atoms with Gasteiger partial charge in [-0.1, -0.05) is 34.1 Å². The number of hydrogen-bond acceptors (Lipinski definition) is 3. The normalized spacial score (nSPS) is 12.6. The van der Waals surface area contributed by atoms with Crippen molar-refractivity contribution in [3.63, 3.8) is 0 Å². The molecule has 0 saturated heterocycles. The van der Waals surface area contributed by atoms with Crippen LogP contribution in [0.1, 0.15) is 52.2 Å². The SMILES string of the molecule is CCCCN(C)C(=NC)NCc1ncc(C(C)(C)C)o1. The van der Waals surface area contributed by atoms with Gasteiger partial charge < -0.3 is 14.6 Å². The molecule has 5 heteroatoms. The summed E-state index contributed by atoms with van der Waals surface area (Å²) in [6, 6.07) is 0. The quantitative estimate of drug-likeness (QED) is 0.665. The lowest BCUT2D eigenvalue weighted by Crippen LogP contribution is -2.39. The molecule has 0 amide bonds. The van der Waals surface area contributed by atoms with E-state index in [1.54, 1.807) is 13.2 Å². The first-order chi connectivity index (χ1) is 9.38. The number of unbranched alkanes of at least 4 members (excludes halogenated alkanes) is 1. The Balaban J connectivity index is 2.55. The second-order valence-electron chi connectivity index (χ2n) is 6.04. The Bertz CT molecular complexity index is 431. The molecule has 0 fully saturated rings. The maximum atomic E-state index is 5.76. The standard InChI is InChI=1S/C15H28N4O/c1-7-8-9-19(6)14(16-5)18-11-13-17-10-12(20-13)15(2,3)4/h10H,7-9,11H2,1-6H3,(H,16,18). The van der Waals surface area contributed by atoms with Gasteiger partial charge in [-0.05, 0) is 6.42 Å². The van der Waals surface area contributed by atoms with Crippen LogP contribution in [0.3, 0.4) is 0 Å². The third-order valence-corrected chi connectivity index (χ3v) is 3.11. The molecule has 0 radical (unpaired) electrons. The average molecular weight is 280 g/mol. The number of aliphatic imine (C=N–C) groups is 1. The van der Waals surface area contributed by atoms with E-state index in [2.05, 4.69) is 47.9 Å². The molecule has 1 N–H and O–H groups in total. The van der Waals surface area contributed by atoms with E-state index < -0.39 is 0 Å². The molecule has 20 heavy (non-hydrogen) atoms. The van der Waals surface area contributed by atoms with Gasteiger partial charge in [0.1, 0.15) is 5.76 Å². The fourth-order valence-corrected chi connectivity index (χ4v) is 1.78. The molecule has 114 valence electrons. The fourth-order valence-electron chi connectivity index (χ4n) is 1.78. The molecule has 0 aliphatic heterocycles. The zero-order chi connectivity index (χ0) is 15.2. The molecular weight excluding hydrogens is 252 g/mol. The van der Waals surface area contributed by atoms with Crippen LogP contribution in [0.5, 0.6) is 0 Å². The van der Waals surface area contributed by atoms with Crippen molar-refractivity contribution in [3.8, 4) is 0 Å². The lowest BCUT2D eigenvalue weighted by atomic mass is 9.94. The highest BCUT2D eigenvalue weighted by molar-refractivity contribution is 5.79. The number of hydrogen-bond donors (Lipinski definition) is 1. The molecule has 0 atom stereocenters. The van der Waals surface area contributed by atoms with Crippen LogP contribution in [0.15, 0.2) is 15.6 Å². The molecule has 0 aliphatic carbocycles. The zero-order valence-corrected chi connectivity index (χ0v) is 13.7. The molecule has 5 nitrogen and oxygen atoms in total. The van der Waals surface area contributed by atoms with Gasteiger partial charge in [-0.2, -0.15) is 0 Å². The molecule has 0 unspecified atom stereocenters. The van der Waals surface area contributed by atoms with E-state index in [4.69, 9.17) is 4.42 Å². The van der Waals surface area contributed by atoms with E-state index >= 15 is 0 Å². The Morgan fingerprint density at radius 1 is 1.45 bits per heavy atom. The second kappa shape index (κ2) is 7.31. The average Bonchev–Trinajstić information content (AvgIpc) is 2.85. The van der Waals surface area contributed by atoms with Crippen LogP contribution in [0, 0.1) is 0 Å². The zero-order valence-electron chi connectivity index (χ0n) is 13.7. The minimum atomic E-state index is -0.00908. The van der Waals surface area contributed by atoms with Crippen molar-refractivity contribution in [1.29, 1.82) is 0 Å². The van der Waals surface area contributed by atoms with Crippen LogP contribution < -0.4 is 5.32 Å². The van der Waals surface area contributed by atoms with Crippen molar-refractivity contribution in [2.75, 3.05) is 20.6 Å². The lowest BCUT2D eigenvalue weighted by molar-refractivity contribution is 0.376. The summed E-state index contributed by atoms with van der Waals surface area (Å²) in [4.78, 5) is 10.7. The minimum Gasteiger partial charge on any atom is -0.443 e. The fraction of sp³-hybridized carbons (Fsp3) is 0.733. The highest BCUT2D eigenvalue weighted by Crippen LogP contribution is 2.22. The van der Waals surface area contributed by atoms with Crippen LogP contribution in [-0.4, -0.2) is 36.5 Å².